The van der Waals surface area contributed by atoms with Crippen molar-refractivity contribution in [2.24, 2.45) is 11.8 Å². The van der Waals surface area contributed by atoms with Crippen molar-refractivity contribution >= 4 is 31.6 Å². The van der Waals surface area contributed by atoms with Gasteiger partial charge in [0.1, 0.15) is 4.90 Å². The second-order valence-electron chi connectivity index (χ2n) is 5.17. The fourth-order valence-corrected chi connectivity index (χ4v) is 4.42. The highest BCUT2D eigenvalue weighted by Crippen LogP contribution is 2.31. The summed E-state index contributed by atoms with van der Waals surface area (Å²) in [6.45, 7) is 0.463. The highest BCUT2D eigenvalue weighted by Gasteiger charge is 2.28. The van der Waals surface area contributed by atoms with Gasteiger partial charge < -0.3 is 10.8 Å². The molecule has 1 fully saturated rings. The lowest BCUT2D eigenvalue weighted by atomic mass is 9.97. The molecule has 0 amide bonds. The van der Waals surface area contributed by atoms with Crippen molar-refractivity contribution in [2.75, 3.05) is 18.9 Å². The Morgan fingerprint density at radius 2 is 2.05 bits per heavy atom. The molecular formula is C13H19BrN2O3S. The zero-order chi connectivity index (χ0) is 14.8. The Hall–Kier alpha value is -0.630. The van der Waals surface area contributed by atoms with Crippen molar-refractivity contribution < 1.29 is 13.5 Å². The Bertz CT molecular complexity index is 577. The smallest absolute Gasteiger partial charge is 0.242 e. The van der Waals surface area contributed by atoms with E-state index in [9.17, 15) is 13.5 Å². The molecule has 0 aromatic heterocycles. The fraction of sp³-hybridized carbons (Fsp3) is 0.538. The van der Waals surface area contributed by atoms with Crippen molar-refractivity contribution in [1.82, 2.24) is 4.72 Å². The molecule has 2 atom stereocenters. The average Bonchev–Trinajstić information content (AvgIpc) is 2.86. The van der Waals surface area contributed by atoms with Crippen molar-refractivity contribution in [3.63, 3.8) is 0 Å². The molecule has 0 heterocycles. The summed E-state index contributed by atoms with van der Waals surface area (Å²) in [6, 6.07) is 4.76. The molecule has 2 rings (SSSR count). The number of halogens is 1. The zero-order valence-corrected chi connectivity index (χ0v) is 13.5. The first-order valence-electron chi connectivity index (χ1n) is 6.59. The van der Waals surface area contributed by atoms with E-state index in [1.54, 1.807) is 12.1 Å². The monoisotopic (exact) mass is 362 g/mol. The zero-order valence-electron chi connectivity index (χ0n) is 11.0. The number of nitrogens with two attached hydrogens (primary N) is 1. The third-order valence-corrected chi connectivity index (χ3v) is 5.82. The Morgan fingerprint density at radius 1 is 1.35 bits per heavy atom. The van der Waals surface area contributed by atoms with E-state index in [0.29, 0.717) is 11.0 Å². The number of nitrogen functional groups attached to an aromatic ring is 1. The lowest BCUT2D eigenvalue weighted by Crippen LogP contribution is -2.32. The number of aliphatic hydroxyl groups is 1. The number of benzene rings is 1. The summed E-state index contributed by atoms with van der Waals surface area (Å²) in [4.78, 5) is 0.0884. The molecule has 0 aliphatic heterocycles. The molecule has 0 spiro atoms. The van der Waals surface area contributed by atoms with E-state index in [4.69, 9.17) is 5.73 Å². The van der Waals surface area contributed by atoms with Gasteiger partial charge in [-0.25, -0.2) is 13.1 Å². The number of nitrogens with one attached hydrogen (secondary N) is 1. The first-order valence-corrected chi connectivity index (χ1v) is 8.87. The SMILES string of the molecule is Nc1ccc(Br)cc1S(=O)(=O)NCC1CCCC1CO. The van der Waals surface area contributed by atoms with Gasteiger partial charge >= 0.3 is 0 Å². The maximum Gasteiger partial charge on any atom is 0.242 e. The minimum absolute atomic E-state index is 0.0884. The molecule has 1 aliphatic rings. The first-order chi connectivity index (χ1) is 9.44. The molecular weight excluding hydrogens is 344 g/mol. The Kier molecular flexibility index (Phi) is 5.06. The van der Waals surface area contributed by atoms with E-state index in [2.05, 4.69) is 20.7 Å². The van der Waals surface area contributed by atoms with Crippen LogP contribution >= 0.6 is 15.9 Å². The average molecular weight is 363 g/mol. The van der Waals surface area contributed by atoms with Gasteiger partial charge in [-0.15, -0.1) is 0 Å². The van der Waals surface area contributed by atoms with E-state index in [-0.39, 0.29) is 29.0 Å². The van der Waals surface area contributed by atoms with Crippen LogP contribution in [0, 0.1) is 11.8 Å². The summed E-state index contributed by atoms with van der Waals surface area (Å²) in [5.74, 6) is 0.390. The molecule has 5 nitrogen and oxygen atoms in total. The van der Waals surface area contributed by atoms with Crippen LogP contribution in [0.25, 0.3) is 0 Å². The van der Waals surface area contributed by atoms with Crippen molar-refractivity contribution in [3.05, 3.63) is 22.7 Å². The van der Waals surface area contributed by atoms with Crippen LogP contribution < -0.4 is 10.5 Å². The van der Waals surface area contributed by atoms with Crippen LogP contribution in [0.15, 0.2) is 27.6 Å². The molecule has 4 N–H and O–H groups in total. The summed E-state index contributed by atoms with van der Waals surface area (Å²) >= 11 is 3.25. The number of anilines is 1. The Labute approximate surface area is 127 Å². The standard InChI is InChI=1S/C13H19BrN2O3S/c14-11-4-5-12(15)13(6-11)20(18,19)16-7-9-2-1-3-10(9)8-17/h4-6,9-10,16-17H,1-3,7-8,15H2. The molecule has 2 unspecified atom stereocenters. The summed E-state index contributed by atoms with van der Waals surface area (Å²) in [5, 5.41) is 9.26. The minimum Gasteiger partial charge on any atom is -0.398 e. The second kappa shape index (κ2) is 6.43. The quantitative estimate of drug-likeness (QED) is 0.695. The van der Waals surface area contributed by atoms with E-state index in [0.717, 1.165) is 19.3 Å². The van der Waals surface area contributed by atoms with Gasteiger partial charge in [-0.2, -0.15) is 0 Å². The first kappa shape index (κ1) is 15.8. The maximum atomic E-state index is 12.3. The maximum absolute atomic E-state index is 12.3. The van der Waals surface area contributed by atoms with Crippen LogP contribution in [-0.2, 0) is 10.0 Å². The topological polar surface area (TPSA) is 92.4 Å². The molecule has 0 bridgehead atoms. The summed E-state index contributed by atoms with van der Waals surface area (Å²) in [6.07, 6.45) is 2.94. The molecule has 1 aliphatic carbocycles. The molecule has 0 saturated heterocycles. The number of sulfonamides is 1. The molecule has 1 aromatic rings. The molecule has 1 aromatic carbocycles. The van der Waals surface area contributed by atoms with Gasteiger partial charge in [0, 0.05) is 17.6 Å². The summed E-state index contributed by atoms with van der Waals surface area (Å²) < 4.78 is 27.8. The van der Waals surface area contributed by atoms with Gasteiger partial charge in [-0.05, 0) is 42.9 Å². The van der Waals surface area contributed by atoms with Crippen LogP contribution in [-0.4, -0.2) is 26.7 Å². The van der Waals surface area contributed by atoms with Crippen LogP contribution in [0.4, 0.5) is 5.69 Å². The number of rotatable bonds is 5. The molecule has 0 radical (unpaired) electrons. The predicted molar refractivity (Wildman–Crippen MR) is 81.7 cm³/mol. The van der Waals surface area contributed by atoms with Crippen LogP contribution in [0.3, 0.4) is 0 Å². The molecule has 20 heavy (non-hydrogen) atoms. The second-order valence-corrected chi connectivity index (χ2v) is 7.82. The number of hydrogen-bond donors (Lipinski definition) is 3. The van der Waals surface area contributed by atoms with Gasteiger partial charge in [0.2, 0.25) is 10.0 Å². The van der Waals surface area contributed by atoms with Gasteiger partial charge in [0.15, 0.2) is 0 Å². The lowest BCUT2D eigenvalue weighted by Gasteiger charge is -2.18. The van der Waals surface area contributed by atoms with Gasteiger partial charge in [-0.3, -0.25) is 0 Å². The van der Waals surface area contributed by atoms with E-state index >= 15 is 0 Å². The van der Waals surface area contributed by atoms with E-state index in [1.807, 2.05) is 0 Å². The summed E-state index contributed by atoms with van der Waals surface area (Å²) in [7, 11) is -3.62. The van der Waals surface area contributed by atoms with Crippen molar-refractivity contribution in [2.45, 2.75) is 24.2 Å². The molecule has 1 saturated carbocycles. The lowest BCUT2D eigenvalue weighted by molar-refractivity contribution is 0.195. The van der Waals surface area contributed by atoms with Crippen molar-refractivity contribution in [1.29, 1.82) is 0 Å². The van der Waals surface area contributed by atoms with Gasteiger partial charge in [0.25, 0.3) is 0 Å². The third kappa shape index (κ3) is 3.52. The van der Waals surface area contributed by atoms with E-state index < -0.39 is 10.0 Å². The molecule has 7 heteroatoms. The normalized spacial score (nSPS) is 23.1. The van der Waals surface area contributed by atoms with Crippen molar-refractivity contribution in [3.8, 4) is 0 Å². The van der Waals surface area contributed by atoms with Gasteiger partial charge in [-0.1, -0.05) is 22.4 Å². The molecule has 112 valence electrons. The van der Waals surface area contributed by atoms with Crippen LogP contribution in [0.5, 0.6) is 0 Å². The van der Waals surface area contributed by atoms with Gasteiger partial charge in [0.05, 0.1) is 5.69 Å². The number of aliphatic hydroxyl groups excluding tert-OH is 1. The predicted octanol–water partition coefficient (Wildman–Crippen LogP) is 1.72. The third-order valence-electron chi connectivity index (χ3n) is 3.85. The highest BCUT2D eigenvalue weighted by atomic mass is 79.9. The van der Waals surface area contributed by atoms with Crippen LogP contribution in [0.2, 0.25) is 0 Å². The Balaban J connectivity index is 2.09. The number of hydrogen-bond acceptors (Lipinski definition) is 4. The van der Waals surface area contributed by atoms with E-state index in [1.165, 1.54) is 6.07 Å². The Morgan fingerprint density at radius 3 is 2.75 bits per heavy atom. The fourth-order valence-electron chi connectivity index (χ4n) is 2.66. The highest BCUT2D eigenvalue weighted by molar-refractivity contribution is 9.10. The van der Waals surface area contributed by atoms with Crippen LogP contribution in [0.1, 0.15) is 19.3 Å². The largest absolute Gasteiger partial charge is 0.398 e. The summed E-state index contributed by atoms with van der Waals surface area (Å²) in [5.41, 5.74) is 5.96. The minimum atomic E-state index is -3.62.